The number of hydrogen-bond acceptors (Lipinski definition) is 4. The van der Waals surface area contributed by atoms with Crippen molar-refractivity contribution in [1.29, 1.82) is 0 Å². The Labute approximate surface area is 143 Å². The zero-order valence-electron chi connectivity index (χ0n) is 13.5. The van der Waals surface area contributed by atoms with Crippen LogP contribution in [0, 0.1) is 5.82 Å². The number of rotatable bonds is 6. The fourth-order valence-corrected chi connectivity index (χ4v) is 2.77. The molecule has 1 aromatic heterocycles. The highest BCUT2D eigenvalue weighted by molar-refractivity contribution is 5.87. The molecule has 2 heterocycles. The molecular weight excluding hydrogens is 329 g/mol. The predicted molar refractivity (Wildman–Crippen MR) is 86.4 cm³/mol. The van der Waals surface area contributed by atoms with Crippen molar-refractivity contribution in [3.63, 3.8) is 0 Å². The fourth-order valence-electron chi connectivity index (χ4n) is 2.77. The van der Waals surface area contributed by atoms with Crippen LogP contribution in [0.5, 0.6) is 0 Å². The van der Waals surface area contributed by atoms with Crippen molar-refractivity contribution in [3.8, 4) is 11.3 Å². The standard InChI is InChI=1S/C18H18FNO5/c19-14-4-2-1-3-13(14)15-7-5-12(25-15)6-8-16(21)20-18(17(22)23)9-10-24-11-18/h1-5,7H,6,8-11H2,(H,20,21)(H,22,23). The quantitative estimate of drug-likeness (QED) is 0.837. The van der Waals surface area contributed by atoms with Crippen LogP contribution < -0.4 is 5.32 Å². The number of furan rings is 1. The Morgan fingerprint density at radius 2 is 2.04 bits per heavy atom. The highest BCUT2D eigenvalue weighted by Crippen LogP contribution is 2.25. The lowest BCUT2D eigenvalue weighted by atomic mass is 9.98. The van der Waals surface area contributed by atoms with Gasteiger partial charge in [0.1, 0.15) is 17.3 Å². The smallest absolute Gasteiger partial charge is 0.331 e. The van der Waals surface area contributed by atoms with Gasteiger partial charge in [-0.05, 0) is 24.3 Å². The molecule has 7 heteroatoms. The van der Waals surface area contributed by atoms with Crippen LogP contribution in [0.1, 0.15) is 18.6 Å². The second-order valence-corrected chi connectivity index (χ2v) is 5.98. The van der Waals surface area contributed by atoms with E-state index in [0.29, 0.717) is 23.7 Å². The summed E-state index contributed by atoms with van der Waals surface area (Å²) in [5.41, 5.74) is -0.996. The van der Waals surface area contributed by atoms with Gasteiger partial charge in [-0.25, -0.2) is 9.18 Å². The Balaban J connectivity index is 1.60. The Morgan fingerprint density at radius 3 is 2.72 bits per heavy atom. The Kier molecular flexibility index (Phi) is 4.85. The number of aryl methyl sites for hydroxylation is 1. The second kappa shape index (κ2) is 7.06. The maximum absolute atomic E-state index is 13.8. The van der Waals surface area contributed by atoms with Crippen LogP contribution in [0.4, 0.5) is 4.39 Å². The average molecular weight is 347 g/mol. The van der Waals surface area contributed by atoms with Gasteiger partial charge >= 0.3 is 5.97 Å². The number of carboxylic acid groups (broad SMARTS) is 1. The first-order valence-corrected chi connectivity index (χ1v) is 7.96. The first-order chi connectivity index (χ1) is 12.0. The van der Waals surface area contributed by atoms with Gasteiger partial charge in [-0.15, -0.1) is 0 Å². The van der Waals surface area contributed by atoms with Gasteiger partial charge < -0.3 is 19.6 Å². The van der Waals surface area contributed by atoms with Crippen LogP contribution in [0.2, 0.25) is 0 Å². The summed E-state index contributed by atoms with van der Waals surface area (Å²) in [6.07, 6.45) is 0.600. The third-order valence-electron chi connectivity index (χ3n) is 4.21. The van der Waals surface area contributed by atoms with E-state index in [1.54, 1.807) is 30.3 Å². The minimum absolute atomic E-state index is 0.0355. The molecule has 1 atom stereocenters. The topological polar surface area (TPSA) is 88.8 Å². The van der Waals surface area contributed by atoms with Crippen molar-refractivity contribution >= 4 is 11.9 Å². The largest absolute Gasteiger partial charge is 0.479 e. The third kappa shape index (κ3) is 3.71. The molecule has 6 nitrogen and oxygen atoms in total. The van der Waals surface area contributed by atoms with Crippen molar-refractivity contribution in [2.24, 2.45) is 0 Å². The van der Waals surface area contributed by atoms with Crippen molar-refractivity contribution < 1.29 is 28.2 Å². The van der Waals surface area contributed by atoms with Gasteiger partial charge in [-0.2, -0.15) is 0 Å². The number of nitrogens with one attached hydrogen (secondary N) is 1. The molecule has 2 aromatic rings. The van der Waals surface area contributed by atoms with E-state index in [9.17, 15) is 19.1 Å². The molecule has 2 N–H and O–H groups in total. The number of carboxylic acids is 1. The maximum atomic E-state index is 13.8. The number of aliphatic carboxylic acids is 1. The number of carbonyl (C=O) groups is 2. The number of amides is 1. The number of benzene rings is 1. The Bertz CT molecular complexity index is 779. The number of ether oxygens (including phenoxy) is 1. The molecule has 25 heavy (non-hydrogen) atoms. The summed E-state index contributed by atoms with van der Waals surface area (Å²) in [5.74, 6) is -0.958. The van der Waals surface area contributed by atoms with E-state index in [1.165, 1.54) is 6.07 Å². The lowest BCUT2D eigenvalue weighted by Crippen LogP contribution is -2.55. The molecule has 1 fully saturated rings. The molecule has 3 rings (SSSR count). The highest BCUT2D eigenvalue weighted by atomic mass is 19.1. The van der Waals surface area contributed by atoms with Gasteiger partial charge in [0.15, 0.2) is 5.54 Å². The minimum atomic E-state index is -1.35. The minimum Gasteiger partial charge on any atom is -0.479 e. The molecule has 0 radical (unpaired) electrons. The Hall–Kier alpha value is -2.67. The molecule has 0 saturated carbocycles. The van der Waals surface area contributed by atoms with Crippen molar-refractivity contribution in [3.05, 3.63) is 48.0 Å². The number of carbonyl (C=O) groups excluding carboxylic acids is 1. The summed E-state index contributed by atoms with van der Waals surface area (Å²) in [6.45, 7) is 0.267. The van der Waals surface area contributed by atoms with Crippen LogP contribution in [0.25, 0.3) is 11.3 Å². The van der Waals surface area contributed by atoms with Crippen LogP contribution >= 0.6 is 0 Å². The zero-order valence-corrected chi connectivity index (χ0v) is 13.5. The first-order valence-electron chi connectivity index (χ1n) is 7.96. The lowest BCUT2D eigenvalue weighted by molar-refractivity contribution is -0.147. The van der Waals surface area contributed by atoms with Crippen molar-refractivity contribution in [2.45, 2.75) is 24.8 Å². The van der Waals surface area contributed by atoms with Gasteiger partial charge in [-0.3, -0.25) is 4.79 Å². The SMILES string of the molecule is O=C(CCc1ccc(-c2ccccc2F)o1)NC1(C(=O)O)CCOC1. The van der Waals surface area contributed by atoms with E-state index in [4.69, 9.17) is 9.15 Å². The van der Waals surface area contributed by atoms with Gasteiger partial charge in [-0.1, -0.05) is 12.1 Å². The van der Waals surface area contributed by atoms with Crippen LogP contribution in [0.15, 0.2) is 40.8 Å². The maximum Gasteiger partial charge on any atom is 0.331 e. The summed E-state index contributed by atoms with van der Waals surface area (Å²) < 4.78 is 24.4. The van der Waals surface area contributed by atoms with E-state index in [-0.39, 0.29) is 31.7 Å². The van der Waals surface area contributed by atoms with Gasteiger partial charge in [0, 0.05) is 25.9 Å². The number of hydrogen-bond donors (Lipinski definition) is 2. The number of halogens is 1. The molecule has 0 spiro atoms. The molecule has 0 bridgehead atoms. The van der Waals surface area contributed by atoms with E-state index < -0.39 is 17.4 Å². The summed E-state index contributed by atoms with van der Waals surface area (Å²) in [4.78, 5) is 23.5. The van der Waals surface area contributed by atoms with Gasteiger partial charge in [0.05, 0.1) is 12.2 Å². The molecule has 1 aliphatic rings. The summed E-state index contributed by atoms with van der Waals surface area (Å²) in [6, 6.07) is 9.60. The zero-order chi connectivity index (χ0) is 17.9. The molecule has 1 aliphatic heterocycles. The van der Waals surface area contributed by atoms with E-state index in [0.717, 1.165) is 0 Å². The molecule has 1 unspecified atom stereocenters. The predicted octanol–water partition coefficient (Wildman–Crippen LogP) is 2.38. The monoisotopic (exact) mass is 347 g/mol. The molecule has 0 aliphatic carbocycles. The second-order valence-electron chi connectivity index (χ2n) is 5.98. The molecule has 132 valence electrons. The first kappa shape index (κ1) is 17.2. The Morgan fingerprint density at radius 1 is 1.24 bits per heavy atom. The van der Waals surface area contributed by atoms with E-state index in [2.05, 4.69) is 5.32 Å². The van der Waals surface area contributed by atoms with Gasteiger partial charge in [0.25, 0.3) is 0 Å². The molecule has 1 amide bonds. The summed E-state index contributed by atoms with van der Waals surface area (Å²) >= 11 is 0. The molecular formula is C18H18FNO5. The van der Waals surface area contributed by atoms with Crippen LogP contribution in [0.3, 0.4) is 0 Å². The highest BCUT2D eigenvalue weighted by Gasteiger charge is 2.43. The normalized spacial score (nSPS) is 19.7. The summed E-state index contributed by atoms with van der Waals surface area (Å²) in [7, 11) is 0. The molecule has 1 aromatic carbocycles. The van der Waals surface area contributed by atoms with Crippen LogP contribution in [-0.2, 0) is 20.7 Å². The van der Waals surface area contributed by atoms with Crippen LogP contribution in [-0.4, -0.2) is 35.7 Å². The van der Waals surface area contributed by atoms with E-state index in [1.807, 2.05) is 0 Å². The molecule has 1 saturated heterocycles. The average Bonchev–Trinajstić information content (AvgIpc) is 3.23. The fraction of sp³-hybridized carbons (Fsp3) is 0.333. The van der Waals surface area contributed by atoms with Crippen molar-refractivity contribution in [1.82, 2.24) is 5.32 Å². The lowest BCUT2D eigenvalue weighted by Gasteiger charge is -2.23. The third-order valence-corrected chi connectivity index (χ3v) is 4.21. The van der Waals surface area contributed by atoms with Gasteiger partial charge in [0.2, 0.25) is 5.91 Å². The van der Waals surface area contributed by atoms with E-state index >= 15 is 0 Å². The summed E-state index contributed by atoms with van der Waals surface area (Å²) in [5, 5.41) is 11.8. The van der Waals surface area contributed by atoms with Crippen molar-refractivity contribution in [2.75, 3.05) is 13.2 Å².